The minimum absolute atomic E-state index is 0.149. The summed E-state index contributed by atoms with van der Waals surface area (Å²) in [4.78, 5) is 0. The maximum absolute atomic E-state index is 14.2. The molecular weight excluding hydrogens is 290 g/mol. The van der Waals surface area contributed by atoms with E-state index in [1.165, 1.54) is 24.1 Å². The Morgan fingerprint density at radius 1 is 1.00 bits per heavy atom. The molecule has 1 aliphatic carbocycles. The fourth-order valence-electron chi connectivity index (χ4n) is 3.37. The summed E-state index contributed by atoms with van der Waals surface area (Å²) in [6.07, 6.45) is 3.50. The molecule has 1 aliphatic rings. The Kier molecular flexibility index (Phi) is 4.34. The fourth-order valence-corrected chi connectivity index (χ4v) is 3.37. The molecule has 2 aromatic carbocycles. The second-order valence-corrected chi connectivity index (χ2v) is 6.59. The third-order valence-electron chi connectivity index (χ3n) is 4.97. The predicted octanol–water partition coefficient (Wildman–Crippen LogP) is 6.31. The molecule has 0 spiro atoms. The van der Waals surface area contributed by atoms with Crippen molar-refractivity contribution < 1.29 is 8.78 Å². The van der Waals surface area contributed by atoms with E-state index in [1.807, 2.05) is 26.0 Å². The molecule has 1 saturated carbocycles. The standard InChI is InChI=1S/C21H22F2/c1-13-11-19(15(3)20(23)12-13)21(17-5-4-6-17)14(2)16-7-9-18(22)10-8-16/h7-12,17H,4-6H2,1-3H3/b21-14+. The average Bonchev–Trinajstić information content (AvgIpc) is 2.47. The number of hydrogen-bond donors (Lipinski definition) is 0. The molecule has 120 valence electrons. The van der Waals surface area contributed by atoms with Crippen molar-refractivity contribution in [2.75, 3.05) is 0 Å². The van der Waals surface area contributed by atoms with Gasteiger partial charge in [-0.2, -0.15) is 0 Å². The van der Waals surface area contributed by atoms with Gasteiger partial charge < -0.3 is 0 Å². The molecule has 3 rings (SSSR count). The van der Waals surface area contributed by atoms with Crippen LogP contribution in [0.1, 0.15) is 48.4 Å². The van der Waals surface area contributed by atoms with Crippen LogP contribution in [0.2, 0.25) is 0 Å². The first kappa shape index (κ1) is 15.9. The van der Waals surface area contributed by atoms with E-state index < -0.39 is 0 Å². The van der Waals surface area contributed by atoms with Gasteiger partial charge in [-0.3, -0.25) is 0 Å². The third-order valence-corrected chi connectivity index (χ3v) is 4.97. The molecule has 0 bridgehead atoms. The van der Waals surface area contributed by atoms with Gasteiger partial charge in [0.2, 0.25) is 0 Å². The number of aryl methyl sites for hydroxylation is 1. The van der Waals surface area contributed by atoms with Crippen molar-refractivity contribution in [3.05, 3.63) is 70.3 Å². The zero-order chi connectivity index (χ0) is 16.6. The molecular formula is C21H22F2. The number of halogens is 2. The van der Waals surface area contributed by atoms with Crippen molar-refractivity contribution in [2.45, 2.75) is 40.0 Å². The molecule has 0 N–H and O–H groups in total. The van der Waals surface area contributed by atoms with Crippen LogP contribution in [0.3, 0.4) is 0 Å². The lowest BCUT2D eigenvalue weighted by atomic mass is 9.73. The van der Waals surface area contributed by atoms with Crippen molar-refractivity contribution >= 4 is 11.1 Å². The van der Waals surface area contributed by atoms with Gasteiger partial charge in [-0.05, 0) is 91.1 Å². The maximum Gasteiger partial charge on any atom is 0.126 e. The second-order valence-electron chi connectivity index (χ2n) is 6.59. The molecule has 2 aromatic rings. The molecule has 0 aliphatic heterocycles. The van der Waals surface area contributed by atoms with E-state index in [-0.39, 0.29) is 11.6 Å². The lowest BCUT2D eigenvalue weighted by Crippen LogP contribution is -2.15. The van der Waals surface area contributed by atoms with Crippen molar-refractivity contribution in [2.24, 2.45) is 5.92 Å². The van der Waals surface area contributed by atoms with Crippen molar-refractivity contribution in [3.8, 4) is 0 Å². The molecule has 23 heavy (non-hydrogen) atoms. The molecule has 0 aromatic heterocycles. The van der Waals surface area contributed by atoms with Crippen LogP contribution in [0, 0.1) is 31.4 Å². The number of hydrogen-bond acceptors (Lipinski definition) is 0. The first-order valence-corrected chi connectivity index (χ1v) is 8.21. The third kappa shape index (κ3) is 3.08. The van der Waals surface area contributed by atoms with Gasteiger partial charge in [-0.1, -0.05) is 24.6 Å². The van der Waals surface area contributed by atoms with E-state index in [1.54, 1.807) is 6.07 Å². The number of allylic oxidation sites excluding steroid dienone is 2. The highest BCUT2D eigenvalue weighted by Gasteiger charge is 2.26. The summed E-state index contributed by atoms with van der Waals surface area (Å²) >= 11 is 0. The smallest absolute Gasteiger partial charge is 0.126 e. The predicted molar refractivity (Wildman–Crippen MR) is 92.1 cm³/mol. The summed E-state index contributed by atoms with van der Waals surface area (Å²) in [5, 5.41) is 0. The van der Waals surface area contributed by atoms with Gasteiger partial charge in [-0.25, -0.2) is 8.78 Å². The lowest BCUT2D eigenvalue weighted by molar-refractivity contribution is 0.401. The molecule has 0 saturated heterocycles. The van der Waals surface area contributed by atoms with Crippen LogP contribution in [-0.4, -0.2) is 0 Å². The summed E-state index contributed by atoms with van der Waals surface area (Å²) in [5.74, 6) is 0.0909. The fraction of sp³-hybridized carbons (Fsp3) is 0.333. The SMILES string of the molecule is C/C(=C(\c1cc(C)cc(F)c1C)C1CCC1)c1ccc(F)cc1. The largest absolute Gasteiger partial charge is 0.207 e. The van der Waals surface area contributed by atoms with E-state index in [4.69, 9.17) is 0 Å². The highest BCUT2D eigenvalue weighted by molar-refractivity contribution is 5.92. The van der Waals surface area contributed by atoms with Gasteiger partial charge in [0.25, 0.3) is 0 Å². The normalized spacial score (nSPS) is 16.0. The first-order valence-electron chi connectivity index (χ1n) is 8.21. The van der Waals surface area contributed by atoms with E-state index in [0.717, 1.165) is 35.1 Å². The Labute approximate surface area is 136 Å². The van der Waals surface area contributed by atoms with Crippen molar-refractivity contribution in [3.63, 3.8) is 0 Å². The molecule has 0 nitrogen and oxygen atoms in total. The molecule has 0 amide bonds. The Balaban J connectivity index is 2.19. The van der Waals surface area contributed by atoms with Gasteiger partial charge in [-0.15, -0.1) is 0 Å². The summed E-state index contributed by atoms with van der Waals surface area (Å²) in [6, 6.07) is 10.3. The summed E-state index contributed by atoms with van der Waals surface area (Å²) < 4.78 is 27.4. The van der Waals surface area contributed by atoms with Crippen LogP contribution >= 0.6 is 0 Å². The average molecular weight is 312 g/mol. The van der Waals surface area contributed by atoms with Crippen LogP contribution in [0.15, 0.2) is 36.4 Å². The van der Waals surface area contributed by atoms with Crippen LogP contribution in [-0.2, 0) is 0 Å². The van der Waals surface area contributed by atoms with Gasteiger partial charge >= 0.3 is 0 Å². The summed E-state index contributed by atoms with van der Waals surface area (Å²) in [6.45, 7) is 5.85. The monoisotopic (exact) mass is 312 g/mol. The number of benzene rings is 2. The Bertz CT molecular complexity index is 750. The minimum atomic E-state index is -0.232. The Hall–Kier alpha value is -1.96. The Morgan fingerprint density at radius 2 is 1.65 bits per heavy atom. The topological polar surface area (TPSA) is 0 Å². The van der Waals surface area contributed by atoms with Gasteiger partial charge in [0.15, 0.2) is 0 Å². The van der Waals surface area contributed by atoms with Crippen LogP contribution < -0.4 is 0 Å². The van der Waals surface area contributed by atoms with E-state index in [0.29, 0.717) is 11.5 Å². The maximum atomic E-state index is 14.2. The minimum Gasteiger partial charge on any atom is -0.207 e. The van der Waals surface area contributed by atoms with Gasteiger partial charge in [0.1, 0.15) is 11.6 Å². The van der Waals surface area contributed by atoms with Gasteiger partial charge in [0, 0.05) is 0 Å². The molecule has 2 heteroatoms. The van der Waals surface area contributed by atoms with Crippen LogP contribution in [0.4, 0.5) is 8.78 Å². The van der Waals surface area contributed by atoms with Crippen LogP contribution in [0.5, 0.6) is 0 Å². The molecule has 0 heterocycles. The lowest BCUT2D eigenvalue weighted by Gasteiger charge is -2.31. The quantitative estimate of drug-likeness (QED) is 0.582. The zero-order valence-electron chi connectivity index (χ0n) is 13.9. The summed E-state index contributed by atoms with van der Waals surface area (Å²) in [7, 11) is 0. The molecule has 1 fully saturated rings. The van der Waals surface area contributed by atoms with Crippen LogP contribution in [0.25, 0.3) is 11.1 Å². The van der Waals surface area contributed by atoms with E-state index in [9.17, 15) is 8.78 Å². The highest BCUT2D eigenvalue weighted by Crippen LogP contribution is 2.44. The number of rotatable bonds is 3. The first-order chi connectivity index (χ1) is 11.0. The highest BCUT2D eigenvalue weighted by atomic mass is 19.1. The van der Waals surface area contributed by atoms with E-state index >= 15 is 0 Å². The summed E-state index contributed by atoms with van der Waals surface area (Å²) in [5.41, 5.74) is 6.01. The second kappa shape index (κ2) is 6.27. The molecule has 0 unspecified atom stereocenters. The van der Waals surface area contributed by atoms with Crippen molar-refractivity contribution in [1.29, 1.82) is 0 Å². The molecule has 0 radical (unpaired) electrons. The van der Waals surface area contributed by atoms with Crippen molar-refractivity contribution in [1.82, 2.24) is 0 Å². The van der Waals surface area contributed by atoms with Gasteiger partial charge in [0.05, 0.1) is 0 Å². The van der Waals surface area contributed by atoms with E-state index in [2.05, 4.69) is 13.0 Å². The zero-order valence-corrected chi connectivity index (χ0v) is 13.9. The Morgan fingerprint density at radius 3 is 2.22 bits per heavy atom. The molecule has 0 atom stereocenters.